The molecule has 0 rings (SSSR count). The molecule has 5 nitrogen and oxygen atoms in total. The summed E-state index contributed by atoms with van der Waals surface area (Å²) in [5.74, 6) is 0.893. The van der Waals surface area contributed by atoms with Gasteiger partial charge in [0.2, 0.25) is 10.4 Å². The fraction of sp³-hybridized carbons (Fsp3) is 1.00. The summed E-state index contributed by atoms with van der Waals surface area (Å²) in [5.41, 5.74) is 0. The van der Waals surface area contributed by atoms with Crippen molar-refractivity contribution in [2.45, 2.75) is 163 Å². The van der Waals surface area contributed by atoms with Gasteiger partial charge in [0, 0.05) is 0 Å². The average molecular weight is 536 g/mol. The molecule has 0 bridgehead atoms. The summed E-state index contributed by atoms with van der Waals surface area (Å²) in [6.45, 7) is 14.9. The Morgan fingerprint density at radius 3 is 1.25 bits per heavy atom. The molecule has 0 saturated heterocycles. The van der Waals surface area contributed by atoms with Crippen LogP contribution in [0.1, 0.15) is 163 Å². The molecule has 36 heavy (non-hydrogen) atoms. The first-order valence-electron chi connectivity index (χ1n) is 15.7. The number of quaternary nitrogens is 1. The molecule has 0 radical (unpaired) electrons. The van der Waals surface area contributed by atoms with E-state index < -0.39 is 10.4 Å². The number of rotatable bonds is 26. The van der Waals surface area contributed by atoms with Crippen molar-refractivity contribution in [1.82, 2.24) is 0 Å². The van der Waals surface area contributed by atoms with Gasteiger partial charge >= 0.3 is 0 Å². The Morgan fingerprint density at radius 2 is 0.972 bits per heavy atom. The van der Waals surface area contributed by atoms with Crippen LogP contribution in [0, 0.1) is 5.92 Å². The van der Waals surface area contributed by atoms with Crippen molar-refractivity contribution in [3.63, 3.8) is 0 Å². The van der Waals surface area contributed by atoms with Crippen LogP contribution in [-0.4, -0.2) is 39.2 Å². The summed E-state index contributed by atoms with van der Waals surface area (Å²) in [4.78, 5) is 1.86. The second kappa shape index (κ2) is 29.4. The fourth-order valence-corrected chi connectivity index (χ4v) is 4.94. The van der Waals surface area contributed by atoms with E-state index in [1.54, 1.807) is 0 Å². The number of unbranched alkanes of at least 4 members (excludes halogenated alkanes) is 17. The fourth-order valence-electron chi connectivity index (χ4n) is 4.65. The molecule has 0 fully saturated rings. The lowest BCUT2D eigenvalue weighted by Crippen LogP contribution is -3.11. The van der Waals surface area contributed by atoms with Gasteiger partial charge in [-0.2, -0.15) is 0 Å². The quantitative estimate of drug-likeness (QED) is 0.0695. The third kappa shape index (κ3) is 36.0. The molecule has 0 spiro atoms. The summed E-state index contributed by atoms with van der Waals surface area (Å²) in [5, 5.41) is 0. The van der Waals surface area contributed by atoms with E-state index in [1.165, 1.54) is 155 Å². The molecule has 0 amide bonds. The lowest BCUT2D eigenvalue weighted by Gasteiger charge is -2.17. The third-order valence-corrected chi connectivity index (χ3v) is 7.48. The molecule has 0 aliphatic carbocycles. The molecule has 0 aromatic carbocycles. The van der Waals surface area contributed by atoms with Crippen LogP contribution >= 0.6 is 0 Å². The predicted molar refractivity (Wildman–Crippen MR) is 155 cm³/mol. The molecule has 0 aliphatic heterocycles. The average Bonchev–Trinajstić information content (AvgIpc) is 2.81. The summed E-state index contributed by atoms with van der Waals surface area (Å²) in [7, 11) is -4.42. The van der Waals surface area contributed by atoms with Crippen LogP contribution in [0.25, 0.3) is 0 Å². The standard InChI is InChI=1S/C28H59N.C2H6O4S/c1-5-7-8-9-10-11-14-17-20-23-26-29(6-2)27-24-21-18-15-12-13-16-19-22-25-28(3)4;1-2-6-7(3,4)5/h28H,5-27H2,1-4H3;2H2,1H3,(H,3,4,5). The molecule has 1 N–H and O–H groups in total. The number of hydrogen-bond acceptors (Lipinski definition) is 4. The summed E-state index contributed by atoms with van der Waals surface area (Å²) < 4.78 is 32.0. The minimum absolute atomic E-state index is 0.0914. The van der Waals surface area contributed by atoms with E-state index >= 15 is 0 Å². The largest absolute Gasteiger partial charge is 0.726 e. The van der Waals surface area contributed by atoms with Crippen molar-refractivity contribution < 1.29 is 22.1 Å². The number of nitrogens with one attached hydrogen (secondary N) is 1. The Morgan fingerprint density at radius 1 is 0.611 bits per heavy atom. The van der Waals surface area contributed by atoms with Crippen LogP contribution in [0.2, 0.25) is 0 Å². The SMILES string of the molecule is CCCCCCCCCCCC[NH+](CC)CCCCCCCCCCCC(C)C.CCOS(=O)(=O)[O-]. The maximum atomic E-state index is 9.45. The topological polar surface area (TPSA) is 70.9 Å². The van der Waals surface area contributed by atoms with Gasteiger partial charge in [0.15, 0.2) is 0 Å². The van der Waals surface area contributed by atoms with Gasteiger partial charge in [-0.3, -0.25) is 4.18 Å². The molecule has 6 heteroatoms. The van der Waals surface area contributed by atoms with Gasteiger partial charge in [0.25, 0.3) is 0 Å². The molecule has 0 aliphatic rings. The van der Waals surface area contributed by atoms with E-state index in [9.17, 15) is 13.0 Å². The highest BCUT2D eigenvalue weighted by molar-refractivity contribution is 7.80. The molecule has 220 valence electrons. The Hall–Kier alpha value is -0.170. The van der Waals surface area contributed by atoms with E-state index in [0.29, 0.717) is 0 Å². The Balaban J connectivity index is 0. The lowest BCUT2D eigenvalue weighted by molar-refractivity contribution is -0.898. The maximum absolute atomic E-state index is 9.45. The highest BCUT2D eigenvalue weighted by Crippen LogP contribution is 2.13. The molecular weight excluding hydrogens is 470 g/mol. The van der Waals surface area contributed by atoms with E-state index in [2.05, 4.69) is 31.9 Å². The summed E-state index contributed by atoms with van der Waals surface area (Å²) >= 11 is 0. The van der Waals surface area contributed by atoms with Crippen molar-refractivity contribution in [2.24, 2.45) is 5.92 Å². The zero-order chi connectivity index (χ0) is 27.3. The van der Waals surface area contributed by atoms with Crippen LogP contribution in [0.15, 0.2) is 0 Å². The Labute approximate surface area is 227 Å². The van der Waals surface area contributed by atoms with Crippen LogP contribution in [0.3, 0.4) is 0 Å². The lowest BCUT2D eigenvalue weighted by atomic mass is 10.0. The first kappa shape index (κ1) is 38.0. The van der Waals surface area contributed by atoms with Gasteiger partial charge in [-0.15, -0.1) is 0 Å². The normalized spacial score (nSPS) is 12.5. The Bertz CT molecular complexity index is 511. The zero-order valence-corrected chi connectivity index (χ0v) is 25.9. The van der Waals surface area contributed by atoms with E-state index in [4.69, 9.17) is 0 Å². The van der Waals surface area contributed by atoms with Crippen molar-refractivity contribution in [3.8, 4) is 0 Å². The zero-order valence-electron chi connectivity index (χ0n) is 25.1. The number of hydrogen-bond donors (Lipinski definition) is 1. The first-order valence-corrected chi connectivity index (χ1v) is 17.0. The van der Waals surface area contributed by atoms with Crippen LogP contribution < -0.4 is 4.90 Å². The molecule has 0 heterocycles. The Kier molecular flexibility index (Phi) is 31.0. The van der Waals surface area contributed by atoms with Gasteiger partial charge in [-0.05, 0) is 45.4 Å². The molecule has 0 aromatic heterocycles. The highest BCUT2D eigenvalue weighted by atomic mass is 32.3. The highest BCUT2D eigenvalue weighted by Gasteiger charge is 2.05. The van der Waals surface area contributed by atoms with E-state index in [1.807, 2.05) is 4.90 Å². The molecular formula is C30H65NO4S. The third-order valence-electron chi connectivity index (χ3n) is 6.96. The molecule has 0 saturated carbocycles. The summed E-state index contributed by atoms with van der Waals surface area (Å²) in [6.07, 6.45) is 29.2. The van der Waals surface area contributed by atoms with Gasteiger partial charge in [0.05, 0.1) is 26.2 Å². The van der Waals surface area contributed by atoms with Gasteiger partial charge < -0.3 is 9.45 Å². The second-order valence-electron chi connectivity index (χ2n) is 11.0. The van der Waals surface area contributed by atoms with Crippen molar-refractivity contribution in [3.05, 3.63) is 0 Å². The van der Waals surface area contributed by atoms with Crippen molar-refractivity contribution in [2.75, 3.05) is 26.2 Å². The molecule has 1 unspecified atom stereocenters. The molecule has 1 atom stereocenters. The van der Waals surface area contributed by atoms with Gasteiger partial charge in [-0.1, -0.05) is 124 Å². The first-order chi connectivity index (χ1) is 17.3. The predicted octanol–water partition coefficient (Wildman–Crippen LogP) is 7.85. The maximum Gasteiger partial charge on any atom is 0.217 e. The summed E-state index contributed by atoms with van der Waals surface area (Å²) in [6, 6.07) is 0. The van der Waals surface area contributed by atoms with Crippen LogP contribution in [0.5, 0.6) is 0 Å². The smallest absolute Gasteiger partial charge is 0.217 e. The van der Waals surface area contributed by atoms with Crippen LogP contribution in [-0.2, 0) is 14.6 Å². The van der Waals surface area contributed by atoms with E-state index in [0.717, 1.165) is 5.92 Å². The van der Waals surface area contributed by atoms with Gasteiger partial charge in [-0.25, -0.2) is 8.42 Å². The van der Waals surface area contributed by atoms with E-state index in [-0.39, 0.29) is 6.61 Å². The minimum atomic E-state index is -4.42. The monoisotopic (exact) mass is 535 g/mol. The van der Waals surface area contributed by atoms with Crippen molar-refractivity contribution >= 4 is 10.4 Å². The minimum Gasteiger partial charge on any atom is -0.726 e. The van der Waals surface area contributed by atoms with Gasteiger partial charge in [0.1, 0.15) is 0 Å². The van der Waals surface area contributed by atoms with Crippen LogP contribution in [0.4, 0.5) is 0 Å². The molecule has 0 aromatic rings. The second-order valence-corrected chi connectivity index (χ2v) is 12.0. The van der Waals surface area contributed by atoms with Crippen molar-refractivity contribution in [1.29, 1.82) is 0 Å².